The third kappa shape index (κ3) is 3.28. The Morgan fingerprint density at radius 3 is 3.05 bits per heavy atom. The van der Waals surface area contributed by atoms with Crippen molar-refractivity contribution >= 4 is 22.6 Å². The van der Waals surface area contributed by atoms with E-state index in [0.29, 0.717) is 5.13 Å². The topological polar surface area (TPSA) is 54.5 Å². The zero-order valence-electron chi connectivity index (χ0n) is 12.8. The van der Waals surface area contributed by atoms with Crippen molar-refractivity contribution in [1.82, 2.24) is 9.88 Å². The fraction of sp³-hybridized carbons (Fsp3) is 0.375. The molecule has 0 fully saturated rings. The fourth-order valence-corrected chi connectivity index (χ4v) is 3.64. The predicted molar refractivity (Wildman–Crippen MR) is 87.1 cm³/mol. The van der Waals surface area contributed by atoms with Crippen LogP contribution in [0, 0.1) is 6.92 Å². The van der Waals surface area contributed by atoms with E-state index < -0.39 is 6.09 Å². The Morgan fingerprint density at radius 1 is 1.45 bits per heavy atom. The Hall–Kier alpha value is -1.92. The van der Waals surface area contributed by atoms with Gasteiger partial charge in [0.15, 0.2) is 5.13 Å². The fourth-order valence-electron chi connectivity index (χ4n) is 2.60. The van der Waals surface area contributed by atoms with Crippen molar-refractivity contribution < 1.29 is 9.53 Å². The van der Waals surface area contributed by atoms with E-state index in [2.05, 4.69) is 51.1 Å². The highest BCUT2D eigenvalue weighted by molar-refractivity contribution is 7.15. The zero-order chi connectivity index (χ0) is 15.5. The second-order valence-electron chi connectivity index (χ2n) is 5.39. The van der Waals surface area contributed by atoms with Crippen LogP contribution in [0.5, 0.6) is 0 Å². The molecule has 0 saturated carbocycles. The van der Waals surface area contributed by atoms with E-state index in [4.69, 9.17) is 0 Å². The summed E-state index contributed by atoms with van der Waals surface area (Å²) in [7, 11) is 1.35. The maximum absolute atomic E-state index is 11.3. The number of fused-ring (bicyclic) bond motifs is 1. The number of anilines is 1. The summed E-state index contributed by atoms with van der Waals surface area (Å²) in [5, 5.41) is 3.27. The Bertz CT molecular complexity index is 684. The zero-order valence-corrected chi connectivity index (χ0v) is 13.6. The highest BCUT2D eigenvalue weighted by atomic mass is 32.1. The second-order valence-corrected chi connectivity index (χ2v) is 6.48. The average Bonchev–Trinajstić information content (AvgIpc) is 2.91. The van der Waals surface area contributed by atoms with E-state index in [1.54, 1.807) is 0 Å². The number of aryl methyl sites for hydroxylation is 1. The van der Waals surface area contributed by atoms with E-state index in [1.165, 1.54) is 34.5 Å². The van der Waals surface area contributed by atoms with Gasteiger partial charge in [0, 0.05) is 30.9 Å². The molecule has 3 rings (SSSR count). The summed E-state index contributed by atoms with van der Waals surface area (Å²) in [5.74, 6) is 0. The number of benzene rings is 1. The van der Waals surface area contributed by atoms with Crippen molar-refractivity contribution in [3.8, 4) is 0 Å². The first-order chi connectivity index (χ1) is 10.7. The van der Waals surface area contributed by atoms with E-state index in [1.807, 2.05) is 0 Å². The number of hydrogen-bond acceptors (Lipinski definition) is 5. The third-order valence-electron chi connectivity index (χ3n) is 3.86. The number of carbonyl (C=O) groups excluding carboxylic acids is 1. The van der Waals surface area contributed by atoms with Crippen LogP contribution in [0.25, 0.3) is 0 Å². The highest BCUT2D eigenvalue weighted by Gasteiger charge is 2.21. The van der Waals surface area contributed by atoms with Gasteiger partial charge in [-0.1, -0.05) is 35.6 Å². The molecule has 0 spiro atoms. The third-order valence-corrected chi connectivity index (χ3v) is 4.86. The number of ether oxygens (including phenoxy) is 1. The van der Waals surface area contributed by atoms with Crippen molar-refractivity contribution in [1.29, 1.82) is 0 Å². The van der Waals surface area contributed by atoms with Gasteiger partial charge in [0.05, 0.1) is 12.8 Å². The number of methoxy groups -OCH3 is 1. The average molecular weight is 317 g/mol. The van der Waals surface area contributed by atoms with Crippen LogP contribution >= 0.6 is 11.3 Å². The predicted octanol–water partition coefficient (Wildman–Crippen LogP) is 3.19. The van der Waals surface area contributed by atoms with Gasteiger partial charge in [-0.05, 0) is 18.1 Å². The first-order valence-electron chi connectivity index (χ1n) is 7.26. The number of thiazole rings is 1. The molecule has 0 saturated heterocycles. The molecule has 0 aliphatic carbocycles. The maximum atomic E-state index is 11.3. The molecule has 0 bridgehead atoms. The van der Waals surface area contributed by atoms with Gasteiger partial charge < -0.3 is 4.74 Å². The van der Waals surface area contributed by atoms with Gasteiger partial charge in [-0.25, -0.2) is 9.78 Å². The van der Waals surface area contributed by atoms with Gasteiger partial charge in [-0.3, -0.25) is 10.2 Å². The Labute approximate surface area is 133 Å². The Morgan fingerprint density at radius 2 is 2.27 bits per heavy atom. The first kappa shape index (κ1) is 15.0. The lowest BCUT2D eigenvalue weighted by Gasteiger charge is -2.26. The van der Waals surface area contributed by atoms with Crippen LogP contribution in [0.4, 0.5) is 9.93 Å². The molecule has 1 aromatic heterocycles. The van der Waals surface area contributed by atoms with Crippen LogP contribution in [0.1, 0.15) is 21.7 Å². The summed E-state index contributed by atoms with van der Waals surface area (Å²) in [4.78, 5) is 19.4. The van der Waals surface area contributed by atoms with E-state index in [-0.39, 0.29) is 0 Å². The minimum atomic E-state index is -0.470. The van der Waals surface area contributed by atoms with Gasteiger partial charge in [0.1, 0.15) is 0 Å². The number of rotatable bonds is 3. The van der Waals surface area contributed by atoms with Crippen LogP contribution in [-0.4, -0.2) is 29.6 Å². The molecule has 116 valence electrons. The molecule has 6 heteroatoms. The summed E-state index contributed by atoms with van der Waals surface area (Å²) in [6, 6.07) is 8.49. The van der Waals surface area contributed by atoms with E-state index in [0.717, 1.165) is 31.7 Å². The SMILES string of the molecule is COC(=O)Nc1nc2c(s1)CN(Cc1ccccc1C)CC2. The summed E-state index contributed by atoms with van der Waals surface area (Å²) >= 11 is 1.53. The van der Waals surface area contributed by atoms with Crippen molar-refractivity contribution in [2.24, 2.45) is 0 Å². The van der Waals surface area contributed by atoms with Gasteiger partial charge in [-0.15, -0.1) is 0 Å². The molecule has 1 aromatic carbocycles. The summed E-state index contributed by atoms with van der Waals surface area (Å²) in [6.45, 7) is 4.96. The molecular formula is C16H19N3O2S. The molecule has 1 amide bonds. The lowest BCUT2D eigenvalue weighted by Crippen LogP contribution is -2.29. The van der Waals surface area contributed by atoms with Crippen molar-refractivity contribution in [2.75, 3.05) is 19.0 Å². The van der Waals surface area contributed by atoms with E-state index in [9.17, 15) is 4.79 Å². The quantitative estimate of drug-likeness (QED) is 0.944. The molecule has 2 heterocycles. The van der Waals surface area contributed by atoms with Crippen molar-refractivity contribution in [3.63, 3.8) is 0 Å². The Kier molecular flexibility index (Phi) is 4.40. The van der Waals surface area contributed by atoms with Crippen LogP contribution < -0.4 is 5.32 Å². The van der Waals surface area contributed by atoms with Gasteiger partial charge >= 0.3 is 6.09 Å². The number of carbonyl (C=O) groups is 1. The highest BCUT2D eigenvalue weighted by Crippen LogP contribution is 2.29. The number of amides is 1. The molecule has 1 aliphatic heterocycles. The molecule has 2 aromatic rings. The van der Waals surface area contributed by atoms with Crippen LogP contribution in [-0.2, 0) is 24.2 Å². The molecule has 0 radical (unpaired) electrons. The minimum Gasteiger partial charge on any atom is -0.453 e. The normalized spacial score (nSPS) is 14.5. The van der Waals surface area contributed by atoms with E-state index >= 15 is 0 Å². The largest absolute Gasteiger partial charge is 0.453 e. The number of nitrogens with one attached hydrogen (secondary N) is 1. The summed E-state index contributed by atoms with van der Waals surface area (Å²) in [6.07, 6.45) is 0.448. The lowest BCUT2D eigenvalue weighted by atomic mass is 10.1. The first-order valence-corrected chi connectivity index (χ1v) is 8.08. The number of hydrogen-bond donors (Lipinski definition) is 1. The molecule has 0 atom stereocenters. The molecule has 0 unspecified atom stereocenters. The van der Waals surface area contributed by atoms with Crippen molar-refractivity contribution in [2.45, 2.75) is 26.4 Å². The number of nitrogens with zero attached hydrogens (tertiary/aromatic N) is 2. The van der Waals surface area contributed by atoms with Gasteiger partial charge in [-0.2, -0.15) is 0 Å². The number of aromatic nitrogens is 1. The Balaban J connectivity index is 1.68. The summed E-state index contributed by atoms with van der Waals surface area (Å²) in [5.41, 5.74) is 3.78. The van der Waals surface area contributed by atoms with Gasteiger partial charge in [0.2, 0.25) is 0 Å². The monoisotopic (exact) mass is 317 g/mol. The van der Waals surface area contributed by atoms with Crippen molar-refractivity contribution in [3.05, 3.63) is 46.0 Å². The van der Waals surface area contributed by atoms with Crippen LogP contribution in [0.15, 0.2) is 24.3 Å². The maximum Gasteiger partial charge on any atom is 0.413 e. The molecular weight excluding hydrogens is 298 g/mol. The minimum absolute atomic E-state index is 0.470. The second kappa shape index (κ2) is 6.46. The van der Waals surface area contributed by atoms with Gasteiger partial charge in [0.25, 0.3) is 0 Å². The smallest absolute Gasteiger partial charge is 0.413 e. The molecule has 5 nitrogen and oxygen atoms in total. The summed E-state index contributed by atoms with van der Waals surface area (Å²) < 4.78 is 4.61. The molecule has 22 heavy (non-hydrogen) atoms. The molecule has 1 N–H and O–H groups in total. The lowest BCUT2D eigenvalue weighted by molar-refractivity contribution is 0.187. The molecule has 1 aliphatic rings. The van der Waals surface area contributed by atoms with Crippen LogP contribution in [0.3, 0.4) is 0 Å². The van der Waals surface area contributed by atoms with Crippen LogP contribution in [0.2, 0.25) is 0 Å². The standard InChI is InChI=1S/C16H19N3O2S/c1-11-5-3-4-6-12(11)9-19-8-7-13-14(10-19)22-15(17-13)18-16(20)21-2/h3-6H,7-10H2,1-2H3,(H,17,18,20).